The minimum atomic E-state index is -5.51. The molecule has 2 N–H and O–H groups in total. The SMILES string of the molecule is CC(C)(C)[C@H]1CN(C(c2ccccc2)c2ccc(NS(=O)(=O)C(F)(F)F)cc2)CCN1C(=O)CC1CCNCC1.Cl.Cl. The van der Waals surface area contributed by atoms with Crippen molar-refractivity contribution in [1.29, 1.82) is 0 Å². The van der Waals surface area contributed by atoms with E-state index in [0.717, 1.165) is 37.1 Å². The molecule has 2 atom stereocenters. The molecule has 0 aliphatic carbocycles. The molecule has 2 aliphatic heterocycles. The molecule has 2 heterocycles. The number of hydrogen-bond acceptors (Lipinski definition) is 5. The standard InChI is InChI=1S/C29H39F3N4O3S.2ClH/c1-28(2,3)25-20-35(17-18-36(25)26(37)19-21-13-15-33-16-14-21)27(22-7-5-4-6-8-22)23-9-11-24(12-10-23)34-40(38,39)29(30,31)32;;/h4-12,21,25,27,33-34H,13-20H2,1-3H3;2*1H/t25-,27?;;/m1../s1. The fourth-order valence-electron chi connectivity index (χ4n) is 5.72. The van der Waals surface area contributed by atoms with Gasteiger partial charge in [-0.3, -0.25) is 14.4 Å². The van der Waals surface area contributed by atoms with Gasteiger partial charge in [0.1, 0.15) is 0 Å². The smallest absolute Gasteiger partial charge is 0.337 e. The van der Waals surface area contributed by atoms with E-state index in [1.54, 1.807) is 16.9 Å². The van der Waals surface area contributed by atoms with Crippen molar-refractivity contribution in [2.24, 2.45) is 11.3 Å². The van der Waals surface area contributed by atoms with E-state index in [1.165, 1.54) is 12.1 Å². The van der Waals surface area contributed by atoms with Gasteiger partial charge in [0.05, 0.1) is 6.04 Å². The first-order valence-corrected chi connectivity index (χ1v) is 15.2. The van der Waals surface area contributed by atoms with E-state index >= 15 is 0 Å². The number of hydrogen-bond donors (Lipinski definition) is 2. The second kappa shape index (κ2) is 14.6. The lowest BCUT2D eigenvalue weighted by Crippen LogP contribution is -2.60. The maximum Gasteiger partial charge on any atom is 0.516 e. The van der Waals surface area contributed by atoms with Gasteiger partial charge in [-0.2, -0.15) is 21.6 Å². The monoisotopic (exact) mass is 652 g/mol. The minimum absolute atomic E-state index is 0. The maximum absolute atomic E-state index is 13.5. The van der Waals surface area contributed by atoms with Crippen LogP contribution < -0.4 is 10.0 Å². The first-order chi connectivity index (χ1) is 18.8. The van der Waals surface area contributed by atoms with Crippen molar-refractivity contribution < 1.29 is 26.4 Å². The van der Waals surface area contributed by atoms with Crippen LogP contribution in [0.4, 0.5) is 18.9 Å². The van der Waals surface area contributed by atoms with Crippen molar-refractivity contribution in [3.63, 3.8) is 0 Å². The summed E-state index contributed by atoms with van der Waals surface area (Å²) in [6.45, 7) is 10.2. The Kier molecular flexibility index (Phi) is 12.6. The maximum atomic E-state index is 13.5. The Hall–Kier alpha value is -2.05. The zero-order chi connectivity index (χ0) is 29.1. The molecule has 42 heavy (non-hydrogen) atoms. The topological polar surface area (TPSA) is 81.8 Å². The van der Waals surface area contributed by atoms with Crippen LogP contribution in [0.1, 0.15) is 57.2 Å². The number of sulfonamides is 1. The van der Waals surface area contributed by atoms with Gasteiger partial charge in [0.2, 0.25) is 5.91 Å². The molecule has 2 aromatic rings. The summed E-state index contributed by atoms with van der Waals surface area (Å²) in [7, 11) is -5.51. The lowest BCUT2D eigenvalue weighted by Gasteiger charge is -2.49. The number of carbonyl (C=O) groups excluding carboxylic acids is 1. The van der Waals surface area contributed by atoms with Crippen molar-refractivity contribution in [3.8, 4) is 0 Å². The van der Waals surface area contributed by atoms with Crippen LogP contribution in [0.3, 0.4) is 0 Å². The number of anilines is 1. The molecule has 236 valence electrons. The largest absolute Gasteiger partial charge is 0.516 e. The first-order valence-electron chi connectivity index (χ1n) is 13.7. The van der Waals surface area contributed by atoms with E-state index in [4.69, 9.17) is 0 Å². The number of nitrogens with zero attached hydrogens (tertiary/aromatic N) is 2. The zero-order valence-corrected chi connectivity index (χ0v) is 26.5. The number of benzene rings is 2. The summed E-state index contributed by atoms with van der Waals surface area (Å²) in [5.74, 6) is 0.599. The Morgan fingerprint density at radius 1 is 0.952 bits per heavy atom. The van der Waals surface area contributed by atoms with Crippen LogP contribution in [0.15, 0.2) is 54.6 Å². The summed E-state index contributed by atoms with van der Waals surface area (Å²) in [5, 5.41) is 3.36. The molecule has 1 unspecified atom stereocenters. The molecule has 0 saturated carbocycles. The van der Waals surface area contributed by atoms with E-state index in [9.17, 15) is 26.4 Å². The molecule has 2 aromatic carbocycles. The van der Waals surface area contributed by atoms with Crippen LogP contribution in [0, 0.1) is 11.3 Å². The number of carbonyl (C=O) groups is 1. The summed E-state index contributed by atoms with van der Waals surface area (Å²) in [5.41, 5.74) is -3.90. The van der Waals surface area contributed by atoms with Crippen LogP contribution in [0.5, 0.6) is 0 Å². The van der Waals surface area contributed by atoms with E-state index in [1.807, 2.05) is 30.3 Å². The summed E-state index contributed by atoms with van der Waals surface area (Å²) < 4.78 is 63.3. The molecule has 0 bridgehead atoms. The van der Waals surface area contributed by atoms with Gasteiger partial charge in [-0.25, -0.2) is 0 Å². The molecule has 2 fully saturated rings. The molecule has 2 aliphatic rings. The predicted octanol–water partition coefficient (Wildman–Crippen LogP) is 5.83. The number of piperidine rings is 1. The van der Waals surface area contributed by atoms with Gasteiger partial charge in [0, 0.05) is 37.8 Å². The van der Waals surface area contributed by atoms with Gasteiger partial charge in [-0.1, -0.05) is 63.2 Å². The third-order valence-corrected chi connectivity index (χ3v) is 9.03. The molecule has 0 radical (unpaired) electrons. The van der Waals surface area contributed by atoms with Crippen LogP contribution in [0.2, 0.25) is 0 Å². The van der Waals surface area contributed by atoms with Crippen LogP contribution in [-0.2, 0) is 14.8 Å². The second-order valence-electron chi connectivity index (χ2n) is 11.8. The van der Waals surface area contributed by atoms with E-state index in [-0.39, 0.29) is 53.9 Å². The van der Waals surface area contributed by atoms with Gasteiger partial charge in [-0.05, 0) is 60.5 Å². The molecule has 0 aromatic heterocycles. The lowest BCUT2D eigenvalue weighted by molar-refractivity contribution is -0.141. The fourth-order valence-corrected chi connectivity index (χ4v) is 6.29. The molecule has 4 rings (SSSR count). The number of piperazine rings is 1. The molecular formula is C29H41Cl2F3N4O3S. The summed E-state index contributed by atoms with van der Waals surface area (Å²) >= 11 is 0. The van der Waals surface area contributed by atoms with Crippen molar-refractivity contribution in [2.45, 2.75) is 57.6 Å². The van der Waals surface area contributed by atoms with Crippen LogP contribution in [-0.4, -0.2) is 68.4 Å². The van der Waals surface area contributed by atoms with Gasteiger partial charge in [-0.15, -0.1) is 24.8 Å². The number of alkyl halides is 3. The average molecular weight is 654 g/mol. The number of rotatable bonds is 7. The highest BCUT2D eigenvalue weighted by Crippen LogP contribution is 2.36. The summed E-state index contributed by atoms with van der Waals surface area (Å²) in [6, 6.07) is 15.6. The van der Waals surface area contributed by atoms with Gasteiger partial charge in [0.15, 0.2) is 0 Å². The average Bonchev–Trinajstić information content (AvgIpc) is 2.90. The van der Waals surface area contributed by atoms with E-state index < -0.39 is 15.5 Å². The van der Waals surface area contributed by atoms with Crippen molar-refractivity contribution in [2.75, 3.05) is 37.4 Å². The van der Waals surface area contributed by atoms with Crippen LogP contribution in [0.25, 0.3) is 0 Å². The summed E-state index contributed by atoms with van der Waals surface area (Å²) in [4.78, 5) is 17.9. The Morgan fingerprint density at radius 2 is 1.52 bits per heavy atom. The highest BCUT2D eigenvalue weighted by Gasteiger charge is 2.46. The number of amides is 1. The van der Waals surface area contributed by atoms with E-state index in [2.05, 4.69) is 35.9 Å². The quantitative estimate of drug-likeness (QED) is 0.393. The van der Waals surface area contributed by atoms with E-state index in [0.29, 0.717) is 32.0 Å². The highest BCUT2D eigenvalue weighted by atomic mass is 35.5. The number of nitrogens with one attached hydrogen (secondary N) is 2. The molecule has 13 heteroatoms. The van der Waals surface area contributed by atoms with Crippen molar-refractivity contribution in [3.05, 3.63) is 65.7 Å². The van der Waals surface area contributed by atoms with Gasteiger partial charge < -0.3 is 10.2 Å². The Balaban J connectivity index is 0.00000308. The molecule has 1 amide bonds. The minimum Gasteiger partial charge on any atom is -0.337 e. The predicted molar refractivity (Wildman–Crippen MR) is 165 cm³/mol. The normalized spacial score (nSPS) is 19.8. The molecule has 2 saturated heterocycles. The highest BCUT2D eigenvalue weighted by molar-refractivity contribution is 7.93. The van der Waals surface area contributed by atoms with Crippen LogP contribution >= 0.6 is 24.8 Å². The molecular weight excluding hydrogens is 612 g/mol. The van der Waals surface area contributed by atoms with Gasteiger partial charge >= 0.3 is 15.5 Å². The third-order valence-electron chi connectivity index (χ3n) is 7.92. The van der Waals surface area contributed by atoms with Crippen molar-refractivity contribution >= 4 is 46.4 Å². The first kappa shape index (κ1) is 36.1. The fraction of sp³-hybridized carbons (Fsp3) is 0.552. The summed E-state index contributed by atoms with van der Waals surface area (Å²) in [6.07, 6.45) is 2.58. The molecule has 0 spiro atoms. The Labute approximate surface area is 259 Å². The zero-order valence-electron chi connectivity index (χ0n) is 24.1. The Bertz CT molecular complexity index is 1250. The molecule has 7 nitrogen and oxygen atoms in total. The van der Waals surface area contributed by atoms with Crippen molar-refractivity contribution in [1.82, 2.24) is 15.1 Å². The number of halogens is 5. The third kappa shape index (κ3) is 8.75. The lowest BCUT2D eigenvalue weighted by atomic mass is 9.82. The second-order valence-corrected chi connectivity index (χ2v) is 13.5. The van der Waals surface area contributed by atoms with Gasteiger partial charge in [0.25, 0.3) is 0 Å². The Morgan fingerprint density at radius 3 is 2.07 bits per heavy atom.